The number of aryl methyl sites for hydroxylation is 1. The van der Waals surface area contributed by atoms with Crippen molar-refractivity contribution in [2.24, 2.45) is 0 Å². The SMILES string of the molecule is Cc1cc(C(=O)CSc2nnc(C3CC3)n2Cc2ccccc2)c(C)n1Cc1cccs1. The van der Waals surface area contributed by atoms with Crippen molar-refractivity contribution in [1.82, 2.24) is 19.3 Å². The van der Waals surface area contributed by atoms with E-state index in [9.17, 15) is 4.79 Å². The maximum absolute atomic E-state index is 13.1. The van der Waals surface area contributed by atoms with E-state index in [0.717, 1.165) is 41.0 Å². The fourth-order valence-electron chi connectivity index (χ4n) is 4.06. The lowest BCUT2D eigenvalue weighted by molar-refractivity contribution is 0.102. The van der Waals surface area contributed by atoms with Crippen LogP contribution in [-0.4, -0.2) is 30.9 Å². The summed E-state index contributed by atoms with van der Waals surface area (Å²) in [5.41, 5.74) is 4.18. The van der Waals surface area contributed by atoms with Gasteiger partial charge >= 0.3 is 0 Å². The Morgan fingerprint density at radius 2 is 1.88 bits per heavy atom. The minimum atomic E-state index is 0.141. The molecule has 0 N–H and O–H groups in total. The van der Waals surface area contributed by atoms with Gasteiger partial charge in [-0.1, -0.05) is 48.2 Å². The van der Waals surface area contributed by atoms with E-state index in [1.165, 1.54) is 35.0 Å². The van der Waals surface area contributed by atoms with E-state index in [-0.39, 0.29) is 5.78 Å². The molecule has 1 saturated carbocycles. The fraction of sp³-hybridized carbons (Fsp3) is 0.320. The molecule has 0 saturated heterocycles. The molecule has 5 rings (SSSR count). The molecule has 164 valence electrons. The Kier molecular flexibility index (Phi) is 6.02. The van der Waals surface area contributed by atoms with E-state index >= 15 is 0 Å². The lowest BCUT2D eigenvalue weighted by Gasteiger charge is -2.10. The van der Waals surface area contributed by atoms with E-state index in [2.05, 4.69) is 68.0 Å². The summed E-state index contributed by atoms with van der Waals surface area (Å²) >= 11 is 3.24. The number of carbonyl (C=O) groups excluding carboxylic acids is 1. The molecule has 0 radical (unpaired) electrons. The third-order valence-corrected chi connectivity index (χ3v) is 7.80. The van der Waals surface area contributed by atoms with Crippen LogP contribution in [0.4, 0.5) is 0 Å². The molecule has 1 aliphatic carbocycles. The van der Waals surface area contributed by atoms with Crippen LogP contribution in [0.1, 0.15) is 56.8 Å². The third kappa shape index (κ3) is 4.45. The number of Topliss-reactive ketones (excluding diaryl/α,β-unsaturated/α-hetero) is 1. The van der Waals surface area contributed by atoms with Gasteiger partial charge in [0.05, 0.1) is 18.8 Å². The molecule has 0 unspecified atom stereocenters. The van der Waals surface area contributed by atoms with E-state index in [0.29, 0.717) is 11.7 Å². The number of ketones is 1. The standard InChI is InChI=1S/C25H26N4OS2/c1-17-13-22(18(2)28(17)15-21-9-6-12-31-21)23(30)16-32-25-27-26-24(20-10-11-20)29(25)14-19-7-4-3-5-8-19/h3-9,12-13,20H,10-11,14-16H2,1-2H3. The highest BCUT2D eigenvalue weighted by molar-refractivity contribution is 7.99. The first-order valence-corrected chi connectivity index (χ1v) is 12.8. The van der Waals surface area contributed by atoms with E-state index < -0.39 is 0 Å². The van der Waals surface area contributed by atoms with Crippen molar-refractivity contribution < 1.29 is 4.79 Å². The Labute approximate surface area is 196 Å². The number of rotatable bonds is 9. The molecule has 1 aliphatic rings. The molecule has 7 heteroatoms. The molecule has 0 bridgehead atoms. The second kappa shape index (κ2) is 9.08. The van der Waals surface area contributed by atoms with E-state index in [4.69, 9.17) is 0 Å². The van der Waals surface area contributed by atoms with Gasteiger partial charge in [-0.05, 0) is 49.8 Å². The minimum absolute atomic E-state index is 0.141. The van der Waals surface area contributed by atoms with Crippen LogP contribution >= 0.6 is 23.1 Å². The average Bonchev–Trinajstić information content (AvgIpc) is 3.24. The van der Waals surface area contributed by atoms with Gasteiger partial charge in [0.2, 0.25) is 0 Å². The molecular weight excluding hydrogens is 436 g/mol. The zero-order valence-corrected chi connectivity index (χ0v) is 20.0. The zero-order chi connectivity index (χ0) is 22.1. The topological polar surface area (TPSA) is 52.7 Å². The summed E-state index contributed by atoms with van der Waals surface area (Å²) < 4.78 is 4.43. The predicted molar refractivity (Wildman–Crippen MR) is 130 cm³/mol. The number of aromatic nitrogens is 4. The van der Waals surface area contributed by atoms with Crippen molar-refractivity contribution in [1.29, 1.82) is 0 Å². The summed E-state index contributed by atoms with van der Waals surface area (Å²) in [6, 6.07) is 16.6. The Hall–Kier alpha value is -2.64. The van der Waals surface area contributed by atoms with Crippen LogP contribution in [-0.2, 0) is 13.1 Å². The zero-order valence-electron chi connectivity index (χ0n) is 18.3. The maximum atomic E-state index is 13.1. The largest absolute Gasteiger partial charge is 0.343 e. The average molecular weight is 463 g/mol. The lowest BCUT2D eigenvalue weighted by Crippen LogP contribution is -2.09. The predicted octanol–water partition coefficient (Wildman–Crippen LogP) is 5.71. The Bertz CT molecular complexity index is 1220. The molecule has 0 amide bonds. The van der Waals surface area contributed by atoms with Gasteiger partial charge in [0, 0.05) is 27.7 Å². The number of carbonyl (C=O) groups is 1. The number of nitrogens with zero attached hydrogens (tertiary/aromatic N) is 4. The van der Waals surface area contributed by atoms with E-state index in [1.54, 1.807) is 11.3 Å². The molecule has 5 nitrogen and oxygen atoms in total. The summed E-state index contributed by atoms with van der Waals surface area (Å²) in [5.74, 6) is 2.06. The van der Waals surface area contributed by atoms with Crippen LogP contribution in [0.5, 0.6) is 0 Å². The second-order valence-electron chi connectivity index (χ2n) is 8.35. The van der Waals surface area contributed by atoms with Gasteiger partial charge in [-0.3, -0.25) is 4.79 Å². The van der Waals surface area contributed by atoms with Gasteiger partial charge in [0.25, 0.3) is 0 Å². The highest BCUT2D eigenvalue weighted by Crippen LogP contribution is 2.40. The summed E-state index contributed by atoms with van der Waals surface area (Å²) in [7, 11) is 0. The van der Waals surface area contributed by atoms with Crippen molar-refractivity contribution in [3.8, 4) is 0 Å². The van der Waals surface area contributed by atoms with Gasteiger partial charge in [0.1, 0.15) is 5.82 Å². The second-order valence-corrected chi connectivity index (χ2v) is 10.3. The molecule has 3 heterocycles. The smallest absolute Gasteiger partial charge is 0.191 e. The first-order valence-electron chi connectivity index (χ1n) is 10.9. The van der Waals surface area contributed by atoms with Crippen molar-refractivity contribution in [2.45, 2.75) is 50.9 Å². The van der Waals surface area contributed by atoms with Crippen LogP contribution in [0.15, 0.2) is 59.1 Å². The first-order chi connectivity index (χ1) is 15.6. The van der Waals surface area contributed by atoms with Crippen LogP contribution in [0.2, 0.25) is 0 Å². The van der Waals surface area contributed by atoms with Gasteiger partial charge in [0.15, 0.2) is 10.9 Å². The van der Waals surface area contributed by atoms with Crippen molar-refractivity contribution >= 4 is 28.9 Å². The molecule has 4 aromatic rings. The monoisotopic (exact) mass is 462 g/mol. The van der Waals surface area contributed by atoms with Gasteiger partial charge in [-0.15, -0.1) is 21.5 Å². The Morgan fingerprint density at radius 3 is 2.59 bits per heavy atom. The van der Waals surface area contributed by atoms with Crippen LogP contribution in [0.25, 0.3) is 0 Å². The summed E-state index contributed by atoms with van der Waals surface area (Å²) in [6.07, 6.45) is 2.35. The molecular formula is C25H26N4OS2. The normalized spacial score (nSPS) is 13.6. The lowest BCUT2D eigenvalue weighted by atomic mass is 10.2. The molecule has 0 aliphatic heterocycles. The van der Waals surface area contributed by atoms with Crippen LogP contribution in [0, 0.1) is 13.8 Å². The summed E-state index contributed by atoms with van der Waals surface area (Å²) in [4.78, 5) is 14.4. The van der Waals surface area contributed by atoms with Crippen molar-refractivity contribution in [2.75, 3.05) is 5.75 Å². The van der Waals surface area contributed by atoms with Crippen LogP contribution in [0.3, 0.4) is 0 Å². The molecule has 32 heavy (non-hydrogen) atoms. The Balaban J connectivity index is 1.32. The molecule has 0 atom stereocenters. The molecule has 0 spiro atoms. The summed E-state index contributed by atoms with van der Waals surface area (Å²) in [5, 5.41) is 11.9. The molecule has 3 aromatic heterocycles. The number of benzene rings is 1. The summed E-state index contributed by atoms with van der Waals surface area (Å²) in [6.45, 7) is 5.67. The first kappa shape index (κ1) is 21.2. The van der Waals surface area contributed by atoms with Gasteiger partial charge in [-0.2, -0.15) is 0 Å². The fourth-order valence-corrected chi connectivity index (χ4v) is 5.58. The minimum Gasteiger partial charge on any atom is -0.343 e. The number of thioether (sulfide) groups is 1. The highest BCUT2D eigenvalue weighted by atomic mass is 32.2. The quantitative estimate of drug-likeness (QED) is 0.236. The van der Waals surface area contributed by atoms with Gasteiger partial charge in [-0.25, -0.2) is 0 Å². The molecule has 1 aromatic carbocycles. The highest BCUT2D eigenvalue weighted by Gasteiger charge is 2.30. The van der Waals surface area contributed by atoms with Crippen LogP contribution < -0.4 is 0 Å². The number of hydrogen-bond acceptors (Lipinski definition) is 5. The van der Waals surface area contributed by atoms with E-state index in [1.807, 2.05) is 19.1 Å². The van der Waals surface area contributed by atoms with Crippen molar-refractivity contribution in [3.05, 3.63) is 87.1 Å². The number of thiophene rings is 1. The van der Waals surface area contributed by atoms with Crippen molar-refractivity contribution in [3.63, 3.8) is 0 Å². The third-order valence-electron chi connectivity index (χ3n) is 5.97. The number of hydrogen-bond donors (Lipinski definition) is 0. The molecule has 1 fully saturated rings. The maximum Gasteiger partial charge on any atom is 0.191 e. The Morgan fingerprint density at radius 1 is 1.06 bits per heavy atom. The van der Waals surface area contributed by atoms with Gasteiger partial charge < -0.3 is 9.13 Å².